The summed E-state index contributed by atoms with van der Waals surface area (Å²) in [6.07, 6.45) is 0. The first-order valence-corrected chi connectivity index (χ1v) is 11.1. The Morgan fingerprint density at radius 2 is 1.56 bits per heavy atom. The fourth-order valence-electron chi connectivity index (χ4n) is 3.02. The van der Waals surface area contributed by atoms with E-state index < -0.39 is 17.4 Å². The van der Waals surface area contributed by atoms with E-state index in [0.717, 1.165) is 21.6 Å². The van der Waals surface area contributed by atoms with E-state index in [4.69, 9.17) is 11.6 Å². The monoisotopic (exact) mass is 463 g/mol. The zero-order valence-corrected chi connectivity index (χ0v) is 18.3. The quantitative estimate of drug-likeness (QED) is 0.299. The van der Waals surface area contributed by atoms with Gasteiger partial charge in [0.15, 0.2) is 0 Å². The number of para-hydroxylation sites is 1. The van der Waals surface area contributed by atoms with Crippen LogP contribution >= 0.6 is 23.4 Å². The predicted molar refractivity (Wildman–Crippen MR) is 127 cm³/mol. The number of halogens is 1. The van der Waals surface area contributed by atoms with E-state index in [2.05, 4.69) is 15.8 Å². The maximum Gasteiger partial charge on any atom is 0.275 e. The first-order chi connectivity index (χ1) is 15.5. The number of pyridine rings is 1. The molecular weight excluding hydrogens is 446 g/mol. The van der Waals surface area contributed by atoms with E-state index >= 15 is 0 Å². The molecule has 1 aromatic heterocycles. The first kappa shape index (κ1) is 21.7. The maximum atomic E-state index is 12.4. The summed E-state index contributed by atoms with van der Waals surface area (Å²) in [6, 6.07) is 23.3. The molecule has 8 heteroatoms. The molecule has 0 spiro atoms. The Balaban J connectivity index is 1.34. The van der Waals surface area contributed by atoms with E-state index in [1.807, 2.05) is 42.5 Å². The number of amides is 2. The summed E-state index contributed by atoms with van der Waals surface area (Å²) in [5.41, 5.74) is 6.10. The summed E-state index contributed by atoms with van der Waals surface area (Å²) in [6.45, 7) is 0. The number of rotatable bonds is 5. The van der Waals surface area contributed by atoms with Crippen LogP contribution in [0.1, 0.15) is 26.3 Å². The smallest absolute Gasteiger partial charge is 0.275 e. The minimum absolute atomic E-state index is 0.0847. The second-order valence-corrected chi connectivity index (χ2v) is 8.43. The number of nitrogens with one attached hydrogen (secondary N) is 3. The second-order valence-electron chi connectivity index (χ2n) is 6.95. The van der Waals surface area contributed by atoms with Gasteiger partial charge in [-0.05, 0) is 59.5 Å². The van der Waals surface area contributed by atoms with Gasteiger partial charge in [0.05, 0.1) is 0 Å². The fourth-order valence-corrected chi connectivity index (χ4v) is 4.00. The van der Waals surface area contributed by atoms with E-state index in [1.165, 1.54) is 6.07 Å². The highest BCUT2D eigenvalue weighted by Crippen LogP contribution is 2.24. The maximum absolute atomic E-state index is 12.4. The molecule has 4 rings (SSSR count). The minimum Gasteiger partial charge on any atom is -0.321 e. The van der Waals surface area contributed by atoms with E-state index in [0.29, 0.717) is 16.1 Å². The molecule has 0 unspecified atom stereocenters. The lowest BCUT2D eigenvalue weighted by Crippen LogP contribution is -2.43. The molecule has 0 aliphatic rings. The summed E-state index contributed by atoms with van der Waals surface area (Å²) in [7, 11) is 0. The fraction of sp³-hybridized carbons (Fsp3) is 0.0417. The van der Waals surface area contributed by atoms with E-state index in [9.17, 15) is 14.4 Å². The lowest BCUT2D eigenvalue weighted by Gasteiger charge is -2.08. The highest BCUT2D eigenvalue weighted by molar-refractivity contribution is 7.98. The SMILES string of the molecule is O=C(NNC(=O)c1cc2ccccc2[nH]c1=O)c1ccc(CSc2ccc(Cl)cc2)cc1. The number of thioether (sulfide) groups is 1. The number of hydrazine groups is 1. The normalized spacial score (nSPS) is 10.7. The Hall–Kier alpha value is -3.55. The van der Waals surface area contributed by atoms with Crippen LogP contribution in [0.4, 0.5) is 0 Å². The van der Waals surface area contributed by atoms with Crippen molar-refractivity contribution in [2.75, 3.05) is 0 Å². The Bertz CT molecular complexity index is 1340. The van der Waals surface area contributed by atoms with Crippen molar-refractivity contribution in [3.8, 4) is 0 Å². The van der Waals surface area contributed by atoms with Gasteiger partial charge >= 0.3 is 0 Å². The minimum atomic E-state index is -0.693. The van der Waals surface area contributed by atoms with Gasteiger partial charge in [0.25, 0.3) is 17.4 Å². The molecule has 2 amide bonds. The van der Waals surface area contributed by atoms with Gasteiger partial charge in [-0.3, -0.25) is 25.2 Å². The van der Waals surface area contributed by atoms with Crippen LogP contribution in [0.2, 0.25) is 5.02 Å². The average Bonchev–Trinajstić information content (AvgIpc) is 2.82. The molecule has 0 saturated heterocycles. The summed E-state index contributed by atoms with van der Waals surface area (Å²) in [5, 5.41) is 1.41. The molecule has 0 bridgehead atoms. The van der Waals surface area contributed by atoms with Crippen LogP contribution < -0.4 is 16.4 Å². The van der Waals surface area contributed by atoms with Crippen molar-refractivity contribution in [1.29, 1.82) is 0 Å². The number of fused-ring (bicyclic) bond motifs is 1. The molecule has 1 heterocycles. The summed E-state index contributed by atoms with van der Waals surface area (Å²) in [4.78, 5) is 40.7. The van der Waals surface area contributed by atoms with Gasteiger partial charge in [0.1, 0.15) is 5.56 Å². The lowest BCUT2D eigenvalue weighted by molar-refractivity contribution is 0.0846. The standard InChI is InChI=1S/C24H18ClN3O3S/c25-18-9-11-19(12-10-18)32-14-15-5-7-16(8-6-15)22(29)27-28-24(31)20-13-17-3-1-2-4-21(17)26-23(20)30/h1-13H,14H2,(H,26,30)(H,27,29)(H,28,31). The molecule has 3 aromatic carbocycles. The van der Waals surface area contributed by atoms with Gasteiger partial charge in [-0.1, -0.05) is 41.9 Å². The van der Waals surface area contributed by atoms with Gasteiger partial charge in [0, 0.05) is 26.8 Å². The van der Waals surface area contributed by atoms with E-state index in [-0.39, 0.29) is 5.56 Å². The molecular formula is C24H18ClN3O3S. The highest BCUT2D eigenvalue weighted by atomic mass is 35.5. The molecule has 32 heavy (non-hydrogen) atoms. The summed E-state index contributed by atoms with van der Waals surface area (Å²) < 4.78 is 0. The molecule has 0 saturated carbocycles. The third-order valence-corrected chi connectivity index (χ3v) is 6.06. The van der Waals surface area contributed by atoms with Crippen molar-refractivity contribution in [3.63, 3.8) is 0 Å². The molecule has 0 fully saturated rings. The number of hydrogen-bond acceptors (Lipinski definition) is 4. The highest BCUT2D eigenvalue weighted by Gasteiger charge is 2.13. The molecule has 160 valence electrons. The van der Waals surface area contributed by atoms with Gasteiger partial charge in [-0.25, -0.2) is 0 Å². The van der Waals surface area contributed by atoms with Crippen molar-refractivity contribution in [1.82, 2.24) is 15.8 Å². The molecule has 3 N–H and O–H groups in total. The molecule has 0 aliphatic carbocycles. The van der Waals surface area contributed by atoms with Crippen LogP contribution in [-0.4, -0.2) is 16.8 Å². The number of carbonyl (C=O) groups excluding carboxylic acids is 2. The zero-order valence-electron chi connectivity index (χ0n) is 16.7. The molecule has 0 atom stereocenters. The second kappa shape index (κ2) is 9.72. The topological polar surface area (TPSA) is 91.1 Å². The van der Waals surface area contributed by atoms with Crippen molar-refractivity contribution < 1.29 is 9.59 Å². The Kier molecular flexibility index (Phi) is 6.58. The van der Waals surface area contributed by atoms with Crippen molar-refractivity contribution >= 4 is 46.1 Å². The Labute approximate surface area is 193 Å². The summed E-state index contributed by atoms with van der Waals surface area (Å²) in [5.74, 6) is -0.431. The lowest BCUT2D eigenvalue weighted by atomic mass is 10.1. The molecule has 4 aromatic rings. The number of benzene rings is 3. The van der Waals surface area contributed by atoms with Crippen molar-refractivity contribution in [2.24, 2.45) is 0 Å². The Morgan fingerprint density at radius 3 is 2.31 bits per heavy atom. The third kappa shape index (κ3) is 5.19. The van der Waals surface area contributed by atoms with Gasteiger partial charge in [-0.2, -0.15) is 0 Å². The van der Waals surface area contributed by atoms with Gasteiger partial charge in [0.2, 0.25) is 0 Å². The number of hydrogen-bond donors (Lipinski definition) is 3. The van der Waals surface area contributed by atoms with Crippen molar-refractivity contribution in [2.45, 2.75) is 10.6 Å². The Morgan fingerprint density at radius 1 is 0.875 bits per heavy atom. The number of H-pyrrole nitrogens is 1. The largest absolute Gasteiger partial charge is 0.321 e. The first-order valence-electron chi connectivity index (χ1n) is 9.70. The predicted octanol–water partition coefficient (Wildman–Crippen LogP) is 4.55. The van der Waals surface area contributed by atoms with Crippen LogP contribution in [0.5, 0.6) is 0 Å². The van der Waals surface area contributed by atoms with Gasteiger partial charge in [-0.15, -0.1) is 11.8 Å². The van der Waals surface area contributed by atoms with E-state index in [1.54, 1.807) is 42.1 Å². The van der Waals surface area contributed by atoms with Crippen molar-refractivity contribution in [3.05, 3.63) is 111 Å². The van der Waals surface area contributed by atoms with Crippen LogP contribution in [0, 0.1) is 0 Å². The third-order valence-electron chi connectivity index (χ3n) is 4.72. The molecule has 0 radical (unpaired) electrons. The number of aromatic nitrogens is 1. The molecule has 6 nitrogen and oxygen atoms in total. The summed E-state index contributed by atoms with van der Waals surface area (Å²) >= 11 is 7.56. The van der Waals surface area contributed by atoms with Gasteiger partial charge < -0.3 is 4.98 Å². The van der Waals surface area contributed by atoms with Crippen LogP contribution in [0.3, 0.4) is 0 Å². The van der Waals surface area contributed by atoms with Crippen LogP contribution in [0.25, 0.3) is 10.9 Å². The van der Waals surface area contributed by atoms with Crippen LogP contribution in [-0.2, 0) is 5.75 Å². The zero-order chi connectivity index (χ0) is 22.5. The molecule has 0 aliphatic heterocycles. The average molecular weight is 464 g/mol. The number of carbonyl (C=O) groups is 2. The van der Waals surface area contributed by atoms with Crippen LogP contribution in [0.15, 0.2) is 88.6 Å². The number of aromatic amines is 1.